The maximum atomic E-state index is 11.3. The molecular weight excluding hydrogens is 368 g/mol. The van der Waals surface area contributed by atoms with Gasteiger partial charge in [0.2, 0.25) is 0 Å². The zero-order chi connectivity index (χ0) is 20.3. The molecule has 1 N–H and O–H groups in total. The average molecular weight is 395 g/mol. The highest BCUT2D eigenvalue weighted by Gasteiger charge is 2.38. The number of carboxylic acid groups (broad SMARTS) is 1. The van der Waals surface area contributed by atoms with Crippen LogP contribution in [0.25, 0.3) is 20.5 Å². The van der Waals surface area contributed by atoms with Gasteiger partial charge in [0.25, 0.3) is 0 Å². The van der Waals surface area contributed by atoms with Crippen molar-refractivity contribution in [2.45, 2.75) is 51.4 Å². The number of hydrogen-bond acceptors (Lipinski definition) is 3. The Hall–Kier alpha value is -2.33. The number of ether oxygens (including phenoxy) is 1. The first-order chi connectivity index (χ1) is 13.1. The van der Waals surface area contributed by atoms with Gasteiger partial charge in [0.15, 0.2) is 0 Å². The quantitative estimate of drug-likeness (QED) is 0.543. The third-order valence-electron chi connectivity index (χ3n) is 6.20. The van der Waals surface area contributed by atoms with E-state index in [1.807, 2.05) is 6.07 Å². The maximum absolute atomic E-state index is 11.3. The Bertz CT molecular complexity index is 1090. The van der Waals surface area contributed by atoms with E-state index in [2.05, 4.69) is 45.9 Å². The summed E-state index contributed by atoms with van der Waals surface area (Å²) in [6, 6.07) is 11.9. The third-order valence-corrected chi connectivity index (χ3v) is 7.35. The molecule has 0 atom stereocenters. The summed E-state index contributed by atoms with van der Waals surface area (Å²) >= 11 is 1.68. The van der Waals surface area contributed by atoms with E-state index in [1.54, 1.807) is 30.6 Å². The van der Waals surface area contributed by atoms with E-state index in [0.717, 1.165) is 39.1 Å². The Morgan fingerprint density at radius 2 is 1.64 bits per heavy atom. The lowest BCUT2D eigenvalue weighted by Crippen LogP contribution is -2.33. The Kier molecular flexibility index (Phi) is 4.31. The Morgan fingerprint density at radius 1 is 1.00 bits per heavy atom. The summed E-state index contributed by atoms with van der Waals surface area (Å²) in [6.07, 6.45) is 2.32. The molecule has 2 aromatic carbocycles. The number of fused-ring (bicyclic) bond motifs is 2. The number of carbonyl (C=O) groups is 1. The minimum Gasteiger partial charge on any atom is -0.496 e. The SMILES string of the molecule is COc1cc2c(cc1-c1cc3cc(C(=O)O)ccc3s1)C(C)(C)CCC2(C)C. The van der Waals surface area contributed by atoms with Gasteiger partial charge in [-0.2, -0.15) is 0 Å². The summed E-state index contributed by atoms with van der Waals surface area (Å²) < 4.78 is 6.88. The highest BCUT2D eigenvalue weighted by Crippen LogP contribution is 2.50. The molecule has 1 heterocycles. The van der Waals surface area contributed by atoms with Crippen LogP contribution in [-0.2, 0) is 10.8 Å². The van der Waals surface area contributed by atoms with Gasteiger partial charge < -0.3 is 9.84 Å². The van der Waals surface area contributed by atoms with Crippen molar-refractivity contribution in [2.75, 3.05) is 7.11 Å². The molecule has 0 unspecified atom stereocenters. The van der Waals surface area contributed by atoms with Gasteiger partial charge in [-0.3, -0.25) is 0 Å². The van der Waals surface area contributed by atoms with E-state index in [4.69, 9.17) is 4.74 Å². The molecule has 3 aromatic rings. The second kappa shape index (κ2) is 6.35. The van der Waals surface area contributed by atoms with Crippen LogP contribution in [0, 0.1) is 0 Å². The predicted molar refractivity (Wildman–Crippen MR) is 116 cm³/mol. The average Bonchev–Trinajstić information content (AvgIpc) is 3.07. The van der Waals surface area contributed by atoms with E-state index >= 15 is 0 Å². The monoisotopic (exact) mass is 394 g/mol. The molecular formula is C24H26O3S. The van der Waals surface area contributed by atoms with Gasteiger partial charge in [-0.05, 0) is 76.6 Å². The van der Waals surface area contributed by atoms with E-state index < -0.39 is 5.97 Å². The highest BCUT2D eigenvalue weighted by molar-refractivity contribution is 7.22. The van der Waals surface area contributed by atoms with Crippen molar-refractivity contribution in [2.24, 2.45) is 0 Å². The fourth-order valence-electron chi connectivity index (χ4n) is 4.26. The van der Waals surface area contributed by atoms with Gasteiger partial charge in [0.05, 0.1) is 12.7 Å². The molecule has 0 bridgehead atoms. The molecule has 0 saturated heterocycles. The second-order valence-electron chi connectivity index (χ2n) is 9.03. The molecule has 0 saturated carbocycles. The first-order valence-electron chi connectivity index (χ1n) is 9.63. The van der Waals surface area contributed by atoms with Crippen LogP contribution in [0.5, 0.6) is 5.75 Å². The van der Waals surface area contributed by atoms with Gasteiger partial charge in [-0.1, -0.05) is 27.7 Å². The van der Waals surface area contributed by atoms with Crippen LogP contribution in [0.4, 0.5) is 0 Å². The fraction of sp³-hybridized carbons (Fsp3) is 0.375. The maximum Gasteiger partial charge on any atom is 0.335 e. The zero-order valence-corrected chi connectivity index (χ0v) is 17.9. The number of benzene rings is 2. The molecule has 0 aliphatic heterocycles. The Balaban J connectivity index is 1.93. The van der Waals surface area contributed by atoms with Gasteiger partial charge in [-0.25, -0.2) is 4.79 Å². The molecule has 146 valence electrons. The van der Waals surface area contributed by atoms with E-state index in [1.165, 1.54) is 11.1 Å². The van der Waals surface area contributed by atoms with Gasteiger partial charge in [0.1, 0.15) is 5.75 Å². The summed E-state index contributed by atoms with van der Waals surface area (Å²) in [4.78, 5) is 12.4. The van der Waals surface area contributed by atoms with Gasteiger partial charge >= 0.3 is 5.97 Å². The molecule has 3 nitrogen and oxygen atoms in total. The van der Waals surface area contributed by atoms with Crippen LogP contribution in [-0.4, -0.2) is 18.2 Å². The second-order valence-corrected chi connectivity index (χ2v) is 10.1. The van der Waals surface area contributed by atoms with Crippen molar-refractivity contribution in [1.82, 2.24) is 0 Å². The van der Waals surface area contributed by atoms with Crippen molar-refractivity contribution in [3.63, 3.8) is 0 Å². The number of carboxylic acids is 1. The molecule has 4 heteroatoms. The van der Waals surface area contributed by atoms with Crippen LogP contribution in [0.1, 0.15) is 62.0 Å². The van der Waals surface area contributed by atoms with Crippen LogP contribution in [0.15, 0.2) is 36.4 Å². The number of hydrogen-bond donors (Lipinski definition) is 1. The topological polar surface area (TPSA) is 46.5 Å². The zero-order valence-electron chi connectivity index (χ0n) is 17.1. The summed E-state index contributed by atoms with van der Waals surface area (Å²) in [5.41, 5.74) is 4.43. The minimum atomic E-state index is -0.898. The van der Waals surface area contributed by atoms with Gasteiger partial charge in [0, 0.05) is 15.1 Å². The first kappa shape index (κ1) is 19.0. The molecule has 0 fully saturated rings. The van der Waals surface area contributed by atoms with Crippen LogP contribution < -0.4 is 4.74 Å². The molecule has 1 aliphatic rings. The third kappa shape index (κ3) is 3.00. The number of methoxy groups -OCH3 is 1. The smallest absolute Gasteiger partial charge is 0.335 e. The van der Waals surface area contributed by atoms with Gasteiger partial charge in [-0.15, -0.1) is 11.3 Å². The standard InChI is InChI=1S/C24H26O3S/c1-23(2)8-9-24(3,4)18-13-19(27-5)16(12-17(18)23)21-11-15-10-14(22(25)26)6-7-20(15)28-21/h6-7,10-13H,8-9H2,1-5H3,(H,25,26). The number of rotatable bonds is 3. The molecule has 1 aromatic heterocycles. The summed E-state index contributed by atoms with van der Waals surface area (Å²) in [5.74, 6) is -0.0143. The van der Waals surface area contributed by atoms with Crippen molar-refractivity contribution < 1.29 is 14.6 Å². The molecule has 0 spiro atoms. The fourth-order valence-corrected chi connectivity index (χ4v) is 5.33. The lowest BCUT2D eigenvalue weighted by molar-refractivity contribution is 0.0697. The van der Waals surface area contributed by atoms with Crippen molar-refractivity contribution in [3.8, 4) is 16.2 Å². The first-order valence-corrected chi connectivity index (χ1v) is 10.4. The van der Waals surface area contributed by atoms with E-state index in [-0.39, 0.29) is 10.8 Å². The molecule has 28 heavy (non-hydrogen) atoms. The van der Waals surface area contributed by atoms with E-state index in [9.17, 15) is 9.90 Å². The Morgan fingerprint density at radius 3 is 2.25 bits per heavy atom. The van der Waals surface area contributed by atoms with Crippen LogP contribution >= 0.6 is 11.3 Å². The summed E-state index contributed by atoms with van der Waals surface area (Å²) in [6.45, 7) is 9.27. The lowest BCUT2D eigenvalue weighted by Gasteiger charge is -2.42. The van der Waals surface area contributed by atoms with Crippen molar-refractivity contribution in [1.29, 1.82) is 0 Å². The summed E-state index contributed by atoms with van der Waals surface area (Å²) in [7, 11) is 1.72. The van der Waals surface area contributed by atoms with Crippen molar-refractivity contribution >= 4 is 27.4 Å². The van der Waals surface area contributed by atoms with Crippen molar-refractivity contribution in [3.05, 3.63) is 53.1 Å². The minimum absolute atomic E-state index is 0.124. The normalized spacial score (nSPS) is 17.3. The molecule has 1 aliphatic carbocycles. The largest absolute Gasteiger partial charge is 0.496 e. The molecule has 0 amide bonds. The number of thiophene rings is 1. The Labute approximate surface area is 170 Å². The van der Waals surface area contributed by atoms with Crippen LogP contribution in [0.2, 0.25) is 0 Å². The van der Waals surface area contributed by atoms with Crippen LogP contribution in [0.3, 0.4) is 0 Å². The summed E-state index contributed by atoms with van der Waals surface area (Å²) in [5, 5.41) is 10.2. The molecule has 0 radical (unpaired) electrons. The molecule has 4 rings (SSSR count). The van der Waals surface area contributed by atoms with E-state index in [0.29, 0.717) is 5.56 Å². The lowest BCUT2D eigenvalue weighted by atomic mass is 9.63. The number of aromatic carboxylic acids is 1. The highest BCUT2D eigenvalue weighted by atomic mass is 32.1. The predicted octanol–water partition coefficient (Wildman–Crippen LogP) is 6.62.